The maximum absolute atomic E-state index is 11.9. The van der Waals surface area contributed by atoms with Crippen LogP contribution in [0.15, 0.2) is 22.7 Å². The SMILES string of the molecule is CCCCC(C)NC(=O)c1ccc(Br)cc1N. The normalized spacial score (nSPS) is 12.2. The Morgan fingerprint density at radius 1 is 1.53 bits per heavy atom. The fourth-order valence-electron chi connectivity index (χ4n) is 1.62. The molecule has 0 saturated carbocycles. The topological polar surface area (TPSA) is 55.1 Å². The smallest absolute Gasteiger partial charge is 0.253 e. The van der Waals surface area contributed by atoms with Gasteiger partial charge in [-0.15, -0.1) is 0 Å². The minimum Gasteiger partial charge on any atom is -0.398 e. The first kappa shape index (κ1) is 14.0. The van der Waals surface area contributed by atoms with E-state index in [1.165, 1.54) is 0 Å². The Kier molecular flexibility index (Phi) is 5.48. The Bertz CT molecular complexity index is 393. The zero-order chi connectivity index (χ0) is 12.8. The fraction of sp³-hybridized carbons (Fsp3) is 0.462. The van der Waals surface area contributed by atoms with E-state index in [-0.39, 0.29) is 11.9 Å². The zero-order valence-corrected chi connectivity index (χ0v) is 11.9. The van der Waals surface area contributed by atoms with Crippen LogP contribution < -0.4 is 11.1 Å². The van der Waals surface area contributed by atoms with Crippen LogP contribution in [0.2, 0.25) is 0 Å². The number of carbonyl (C=O) groups excluding carboxylic acids is 1. The summed E-state index contributed by atoms with van der Waals surface area (Å²) in [4.78, 5) is 11.9. The molecule has 1 aromatic rings. The minimum absolute atomic E-state index is 0.0985. The van der Waals surface area contributed by atoms with E-state index in [4.69, 9.17) is 5.73 Å². The highest BCUT2D eigenvalue weighted by Crippen LogP contribution is 2.18. The molecule has 0 bridgehead atoms. The molecule has 0 aliphatic carbocycles. The molecule has 4 heteroatoms. The maximum Gasteiger partial charge on any atom is 0.253 e. The molecule has 0 heterocycles. The van der Waals surface area contributed by atoms with Gasteiger partial charge < -0.3 is 11.1 Å². The molecule has 0 radical (unpaired) electrons. The summed E-state index contributed by atoms with van der Waals surface area (Å²) < 4.78 is 0.880. The number of amides is 1. The summed E-state index contributed by atoms with van der Waals surface area (Å²) in [6.07, 6.45) is 3.26. The first-order valence-electron chi connectivity index (χ1n) is 5.90. The Balaban J connectivity index is 2.63. The standard InChI is InChI=1S/C13H19BrN2O/c1-3-4-5-9(2)16-13(17)11-7-6-10(14)8-12(11)15/h6-9H,3-5,15H2,1-2H3,(H,16,17). The van der Waals surface area contributed by atoms with Crippen molar-refractivity contribution < 1.29 is 4.79 Å². The van der Waals surface area contributed by atoms with Gasteiger partial charge in [0.25, 0.3) is 5.91 Å². The number of hydrogen-bond acceptors (Lipinski definition) is 2. The average molecular weight is 299 g/mol. The number of nitrogens with two attached hydrogens (primary N) is 1. The molecule has 0 spiro atoms. The van der Waals surface area contributed by atoms with Gasteiger partial charge in [-0.3, -0.25) is 4.79 Å². The number of nitrogen functional groups attached to an aromatic ring is 1. The highest BCUT2D eigenvalue weighted by atomic mass is 79.9. The number of unbranched alkanes of at least 4 members (excludes halogenated alkanes) is 1. The Hall–Kier alpha value is -1.03. The van der Waals surface area contributed by atoms with Gasteiger partial charge in [0.2, 0.25) is 0 Å². The van der Waals surface area contributed by atoms with Crippen molar-refractivity contribution in [3.05, 3.63) is 28.2 Å². The van der Waals surface area contributed by atoms with E-state index in [0.717, 1.165) is 23.7 Å². The van der Waals surface area contributed by atoms with E-state index < -0.39 is 0 Å². The fourth-order valence-corrected chi connectivity index (χ4v) is 2.00. The quantitative estimate of drug-likeness (QED) is 0.819. The number of benzene rings is 1. The summed E-state index contributed by atoms with van der Waals surface area (Å²) in [5.74, 6) is -0.0985. The van der Waals surface area contributed by atoms with E-state index in [1.807, 2.05) is 13.0 Å². The van der Waals surface area contributed by atoms with Gasteiger partial charge in [0.05, 0.1) is 5.56 Å². The van der Waals surface area contributed by atoms with Gasteiger partial charge in [0, 0.05) is 16.2 Å². The van der Waals surface area contributed by atoms with E-state index in [0.29, 0.717) is 11.3 Å². The molecule has 94 valence electrons. The molecule has 1 rings (SSSR count). The lowest BCUT2D eigenvalue weighted by molar-refractivity contribution is 0.0939. The summed E-state index contributed by atoms with van der Waals surface area (Å²) in [5, 5.41) is 2.96. The van der Waals surface area contributed by atoms with E-state index in [1.54, 1.807) is 12.1 Å². The van der Waals surface area contributed by atoms with Gasteiger partial charge in [-0.2, -0.15) is 0 Å². The number of nitrogens with one attached hydrogen (secondary N) is 1. The highest BCUT2D eigenvalue weighted by Gasteiger charge is 2.12. The largest absolute Gasteiger partial charge is 0.398 e. The lowest BCUT2D eigenvalue weighted by Crippen LogP contribution is -2.32. The van der Waals surface area contributed by atoms with Gasteiger partial charge >= 0.3 is 0 Å². The molecule has 1 aromatic carbocycles. The molecule has 0 fully saturated rings. The molecule has 1 atom stereocenters. The lowest BCUT2D eigenvalue weighted by atomic mass is 10.1. The van der Waals surface area contributed by atoms with Crippen molar-refractivity contribution >= 4 is 27.5 Å². The second-order valence-electron chi connectivity index (χ2n) is 4.25. The van der Waals surface area contributed by atoms with Gasteiger partial charge in [0.15, 0.2) is 0 Å². The average Bonchev–Trinajstić information content (AvgIpc) is 2.26. The summed E-state index contributed by atoms with van der Waals surface area (Å²) >= 11 is 3.32. The van der Waals surface area contributed by atoms with E-state index in [9.17, 15) is 4.79 Å². The maximum atomic E-state index is 11.9. The summed E-state index contributed by atoms with van der Waals surface area (Å²) in [5.41, 5.74) is 6.85. The Morgan fingerprint density at radius 3 is 2.82 bits per heavy atom. The van der Waals surface area contributed by atoms with E-state index in [2.05, 4.69) is 28.2 Å². The second-order valence-corrected chi connectivity index (χ2v) is 5.16. The number of carbonyl (C=O) groups is 1. The Labute approximate surface area is 111 Å². The third-order valence-corrected chi connectivity index (χ3v) is 3.12. The predicted molar refractivity (Wildman–Crippen MR) is 75.0 cm³/mol. The molecule has 1 amide bonds. The third-order valence-electron chi connectivity index (χ3n) is 2.63. The van der Waals surface area contributed by atoms with Gasteiger partial charge in [-0.25, -0.2) is 0 Å². The number of anilines is 1. The first-order chi connectivity index (χ1) is 8.04. The lowest BCUT2D eigenvalue weighted by Gasteiger charge is -2.14. The van der Waals surface area contributed by atoms with Crippen LogP contribution in [-0.4, -0.2) is 11.9 Å². The van der Waals surface area contributed by atoms with Crippen LogP contribution >= 0.6 is 15.9 Å². The van der Waals surface area contributed by atoms with Crippen LogP contribution in [0.5, 0.6) is 0 Å². The van der Waals surface area contributed by atoms with Crippen LogP contribution in [0.4, 0.5) is 5.69 Å². The molecule has 3 nitrogen and oxygen atoms in total. The van der Waals surface area contributed by atoms with Gasteiger partial charge in [-0.1, -0.05) is 35.7 Å². The molecule has 17 heavy (non-hydrogen) atoms. The number of halogens is 1. The van der Waals surface area contributed by atoms with Crippen molar-refractivity contribution in [1.82, 2.24) is 5.32 Å². The van der Waals surface area contributed by atoms with Crippen LogP contribution in [0, 0.1) is 0 Å². The van der Waals surface area contributed by atoms with Crippen molar-refractivity contribution in [1.29, 1.82) is 0 Å². The molecule has 0 aliphatic rings. The molecule has 0 saturated heterocycles. The molecular formula is C13H19BrN2O. The minimum atomic E-state index is -0.0985. The zero-order valence-electron chi connectivity index (χ0n) is 10.3. The Morgan fingerprint density at radius 2 is 2.24 bits per heavy atom. The van der Waals surface area contributed by atoms with Crippen molar-refractivity contribution in [2.75, 3.05) is 5.73 Å². The molecule has 3 N–H and O–H groups in total. The van der Waals surface area contributed by atoms with Crippen LogP contribution in [0.1, 0.15) is 43.5 Å². The van der Waals surface area contributed by atoms with Crippen LogP contribution in [0.3, 0.4) is 0 Å². The molecule has 0 aromatic heterocycles. The van der Waals surface area contributed by atoms with Gasteiger partial charge in [0.1, 0.15) is 0 Å². The first-order valence-corrected chi connectivity index (χ1v) is 6.69. The van der Waals surface area contributed by atoms with Crippen LogP contribution in [0.25, 0.3) is 0 Å². The van der Waals surface area contributed by atoms with Crippen LogP contribution in [-0.2, 0) is 0 Å². The van der Waals surface area contributed by atoms with Crippen molar-refractivity contribution in [2.45, 2.75) is 39.2 Å². The number of hydrogen-bond donors (Lipinski definition) is 2. The van der Waals surface area contributed by atoms with Crippen molar-refractivity contribution in [3.63, 3.8) is 0 Å². The van der Waals surface area contributed by atoms with E-state index >= 15 is 0 Å². The molecule has 0 aliphatic heterocycles. The van der Waals surface area contributed by atoms with Crippen molar-refractivity contribution in [2.24, 2.45) is 0 Å². The summed E-state index contributed by atoms with van der Waals surface area (Å²) in [6.45, 7) is 4.16. The summed E-state index contributed by atoms with van der Waals surface area (Å²) in [6, 6.07) is 5.49. The number of rotatable bonds is 5. The predicted octanol–water partition coefficient (Wildman–Crippen LogP) is 3.34. The van der Waals surface area contributed by atoms with Crippen molar-refractivity contribution in [3.8, 4) is 0 Å². The molecule has 1 unspecified atom stereocenters. The second kappa shape index (κ2) is 6.64. The highest BCUT2D eigenvalue weighted by molar-refractivity contribution is 9.10. The van der Waals surface area contributed by atoms with Gasteiger partial charge in [-0.05, 0) is 31.5 Å². The monoisotopic (exact) mass is 298 g/mol. The third kappa shape index (κ3) is 4.38. The summed E-state index contributed by atoms with van der Waals surface area (Å²) in [7, 11) is 0. The molecular weight excluding hydrogens is 280 g/mol.